The van der Waals surface area contributed by atoms with Gasteiger partial charge in [-0.25, -0.2) is 0 Å². The summed E-state index contributed by atoms with van der Waals surface area (Å²) in [6.07, 6.45) is 0. The van der Waals surface area contributed by atoms with E-state index in [1.165, 1.54) is 5.56 Å². The number of hydrogen-bond donors (Lipinski definition) is 2. The molecule has 0 aliphatic carbocycles. The van der Waals surface area contributed by atoms with Crippen LogP contribution in [-0.2, 0) is 11.3 Å². The van der Waals surface area contributed by atoms with Crippen molar-refractivity contribution in [1.82, 2.24) is 15.5 Å². The number of nitrogens with one attached hydrogen (secondary N) is 2. The zero-order valence-corrected chi connectivity index (χ0v) is 17.4. The van der Waals surface area contributed by atoms with Gasteiger partial charge >= 0.3 is 0 Å². The highest BCUT2D eigenvalue weighted by Gasteiger charge is 2.28. The molecule has 4 rings (SSSR count). The molecule has 1 saturated heterocycles. The summed E-state index contributed by atoms with van der Waals surface area (Å²) in [6, 6.07) is 16.9. The summed E-state index contributed by atoms with van der Waals surface area (Å²) in [5.41, 5.74) is 2.38. The normalized spacial score (nSPS) is 18.1. The number of ether oxygens (including phenoxy) is 3. The molecule has 0 bridgehead atoms. The fourth-order valence-corrected chi connectivity index (χ4v) is 4.15. The molecule has 0 saturated carbocycles. The van der Waals surface area contributed by atoms with Crippen molar-refractivity contribution in [2.75, 3.05) is 33.1 Å². The minimum atomic E-state index is 0.146. The number of nitrogens with zero attached hydrogens (tertiary/aromatic N) is 1. The predicted molar refractivity (Wildman–Crippen MR) is 116 cm³/mol. The van der Waals surface area contributed by atoms with Crippen molar-refractivity contribution in [3.63, 3.8) is 0 Å². The van der Waals surface area contributed by atoms with Gasteiger partial charge in [0.1, 0.15) is 0 Å². The maximum absolute atomic E-state index is 5.58. The van der Waals surface area contributed by atoms with E-state index in [9.17, 15) is 0 Å². The van der Waals surface area contributed by atoms with Crippen LogP contribution in [0.4, 0.5) is 0 Å². The van der Waals surface area contributed by atoms with E-state index in [2.05, 4.69) is 52.8 Å². The smallest absolute Gasteiger partial charge is 0.231 e. The molecule has 6 nitrogen and oxygen atoms in total. The monoisotopic (exact) mass is 413 g/mol. The first-order valence-electron chi connectivity index (χ1n) is 10.0. The second-order valence-corrected chi connectivity index (χ2v) is 7.72. The third-order valence-electron chi connectivity index (χ3n) is 5.30. The molecule has 0 amide bonds. The van der Waals surface area contributed by atoms with E-state index in [-0.39, 0.29) is 18.9 Å². The number of morpholine rings is 1. The van der Waals surface area contributed by atoms with Gasteiger partial charge in [-0.05, 0) is 42.4 Å². The molecule has 2 atom stereocenters. The molecule has 2 aliphatic heterocycles. The van der Waals surface area contributed by atoms with Crippen molar-refractivity contribution >= 4 is 17.3 Å². The molecule has 2 N–H and O–H groups in total. The standard InChI is InChI=1S/C22H27N3O3S/c1-16(21(18-5-3-2-4-6-18)25-9-11-26-12-10-25)24-22(29)23-14-17-7-8-19-20(13-17)28-15-27-19/h2-8,13,16,21H,9-12,14-15H2,1H3,(H2,23,24,29)/t16-,21-/m1/s1. The van der Waals surface area contributed by atoms with Gasteiger partial charge in [0.25, 0.3) is 0 Å². The molecule has 1 fully saturated rings. The Kier molecular flexibility index (Phi) is 6.49. The molecular formula is C22H27N3O3S. The van der Waals surface area contributed by atoms with Gasteiger partial charge in [0.05, 0.1) is 19.3 Å². The molecule has 29 heavy (non-hydrogen) atoms. The average Bonchev–Trinajstić information content (AvgIpc) is 3.22. The fourth-order valence-electron chi connectivity index (χ4n) is 3.89. The first-order valence-corrected chi connectivity index (χ1v) is 10.4. The van der Waals surface area contributed by atoms with Crippen molar-refractivity contribution < 1.29 is 14.2 Å². The van der Waals surface area contributed by atoms with Gasteiger partial charge in [0, 0.05) is 25.7 Å². The van der Waals surface area contributed by atoms with Crippen molar-refractivity contribution in [1.29, 1.82) is 0 Å². The third-order valence-corrected chi connectivity index (χ3v) is 5.56. The molecular weight excluding hydrogens is 386 g/mol. The molecule has 0 radical (unpaired) electrons. The number of fused-ring (bicyclic) bond motifs is 1. The molecule has 0 unspecified atom stereocenters. The molecule has 0 spiro atoms. The van der Waals surface area contributed by atoms with E-state index in [4.69, 9.17) is 26.4 Å². The van der Waals surface area contributed by atoms with Gasteiger partial charge < -0.3 is 24.8 Å². The molecule has 2 aromatic carbocycles. The second-order valence-electron chi connectivity index (χ2n) is 7.31. The zero-order valence-electron chi connectivity index (χ0n) is 16.6. The minimum Gasteiger partial charge on any atom is -0.454 e. The Morgan fingerprint density at radius 2 is 1.83 bits per heavy atom. The zero-order chi connectivity index (χ0) is 20.1. The van der Waals surface area contributed by atoms with E-state index in [0.717, 1.165) is 43.4 Å². The Morgan fingerprint density at radius 1 is 1.07 bits per heavy atom. The van der Waals surface area contributed by atoms with Gasteiger partial charge in [-0.15, -0.1) is 0 Å². The molecule has 2 aliphatic rings. The largest absolute Gasteiger partial charge is 0.454 e. The fraction of sp³-hybridized carbons (Fsp3) is 0.409. The summed E-state index contributed by atoms with van der Waals surface area (Å²) in [5.74, 6) is 1.58. The predicted octanol–water partition coefficient (Wildman–Crippen LogP) is 2.84. The summed E-state index contributed by atoms with van der Waals surface area (Å²) in [4.78, 5) is 2.47. The Bertz CT molecular complexity index is 827. The van der Waals surface area contributed by atoms with Gasteiger partial charge in [0.2, 0.25) is 6.79 Å². The van der Waals surface area contributed by atoms with Gasteiger partial charge in [0.15, 0.2) is 16.6 Å². The lowest BCUT2D eigenvalue weighted by atomic mass is 9.98. The Labute approximate surface area is 177 Å². The number of rotatable bonds is 6. The number of hydrogen-bond acceptors (Lipinski definition) is 5. The number of thiocarbonyl (C=S) groups is 1. The molecule has 0 aromatic heterocycles. The quantitative estimate of drug-likeness (QED) is 0.707. The minimum absolute atomic E-state index is 0.146. The van der Waals surface area contributed by atoms with Crippen LogP contribution in [0, 0.1) is 0 Å². The van der Waals surface area contributed by atoms with Crippen LogP contribution in [-0.4, -0.2) is 49.2 Å². The van der Waals surface area contributed by atoms with Crippen LogP contribution in [0.1, 0.15) is 24.1 Å². The average molecular weight is 414 g/mol. The maximum Gasteiger partial charge on any atom is 0.231 e. The highest BCUT2D eigenvalue weighted by atomic mass is 32.1. The van der Waals surface area contributed by atoms with Crippen molar-refractivity contribution in [2.24, 2.45) is 0 Å². The van der Waals surface area contributed by atoms with E-state index in [1.54, 1.807) is 0 Å². The third kappa shape index (κ3) is 4.98. The topological polar surface area (TPSA) is 55.0 Å². The van der Waals surface area contributed by atoms with Crippen LogP contribution in [0.5, 0.6) is 11.5 Å². The lowest BCUT2D eigenvalue weighted by Gasteiger charge is -2.38. The summed E-state index contributed by atoms with van der Waals surface area (Å²) < 4.78 is 16.4. The van der Waals surface area contributed by atoms with E-state index < -0.39 is 0 Å². The summed E-state index contributed by atoms with van der Waals surface area (Å²) in [6.45, 7) is 6.47. The van der Waals surface area contributed by atoms with Crippen molar-refractivity contribution in [3.8, 4) is 11.5 Å². The number of benzene rings is 2. The molecule has 2 aromatic rings. The lowest BCUT2D eigenvalue weighted by molar-refractivity contribution is 0.0102. The Balaban J connectivity index is 1.37. The SMILES string of the molecule is C[C@@H](NC(=S)NCc1ccc2c(c1)OCO2)[C@H](c1ccccc1)N1CCOCC1. The molecule has 7 heteroatoms. The van der Waals surface area contributed by atoms with E-state index in [0.29, 0.717) is 11.7 Å². The first kappa shape index (κ1) is 19.9. The maximum atomic E-state index is 5.58. The van der Waals surface area contributed by atoms with Crippen LogP contribution in [0.3, 0.4) is 0 Å². The Morgan fingerprint density at radius 3 is 2.62 bits per heavy atom. The summed E-state index contributed by atoms with van der Waals surface area (Å²) in [7, 11) is 0. The second kappa shape index (κ2) is 9.43. The first-order chi connectivity index (χ1) is 14.2. The van der Waals surface area contributed by atoms with E-state index in [1.807, 2.05) is 18.2 Å². The van der Waals surface area contributed by atoms with Crippen molar-refractivity contribution in [3.05, 3.63) is 59.7 Å². The van der Waals surface area contributed by atoms with Gasteiger partial charge in [-0.2, -0.15) is 0 Å². The van der Waals surface area contributed by atoms with E-state index >= 15 is 0 Å². The summed E-state index contributed by atoms with van der Waals surface area (Å²) >= 11 is 5.58. The summed E-state index contributed by atoms with van der Waals surface area (Å²) in [5, 5.41) is 7.43. The van der Waals surface area contributed by atoms with Crippen LogP contribution >= 0.6 is 12.2 Å². The van der Waals surface area contributed by atoms with Crippen LogP contribution < -0.4 is 20.1 Å². The van der Waals surface area contributed by atoms with Crippen LogP contribution in [0.2, 0.25) is 0 Å². The highest BCUT2D eigenvalue weighted by Crippen LogP contribution is 2.32. The van der Waals surface area contributed by atoms with Crippen molar-refractivity contribution in [2.45, 2.75) is 25.6 Å². The highest BCUT2D eigenvalue weighted by molar-refractivity contribution is 7.80. The van der Waals surface area contributed by atoms with Crippen LogP contribution in [0.15, 0.2) is 48.5 Å². The Hall–Kier alpha value is -2.35. The lowest BCUT2D eigenvalue weighted by Crippen LogP contribution is -2.50. The molecule has 154 valence electrons. The van der Waals surface area contributed by atoms with Crippen LogP contribution in [0.25, 0.3) is 0 Å². The van der Waals surface area contributed by atoms with Gasteiger partial charge in [-0.3, -0.25) is 4.90 Å². The molecule has 2 heterocycles. The van der Waals surface area contributed by atoms with Gasteiger partial charge in [-0.1, -0.05) is 36.4 Å².